The van der Waals surface area contributed by atoms with Gasteiger partial charge in [0.05, 0.1) is 0 Å². The Morgan fingerprint density at radius 3 is 1.83 bits per heavy atom. The van der Waals surface area contributed by atoms with Crippen molar-refractivity contribution in [3.8, 4) is 0 Å². The smallest absolute Gasteiger partial charge is 0.338 e. The third kappa shape index (κ3) is 7.03. The number of nitrogens with zero attached hydrogens (tertiary/aromatic N) is 2. The molecule has 0 heterocycles. The van der Waals surface area contributed by atoms with Crippen molar-refractivity contribution in [1.29, 1.82) is 0 Å². The van der Waals surface area contributed by atoms with Gasteiger partial charge in [0.2, 0.25) is 0 Å². The minimum absolute atomic E-state index is 0.141. The van der Waals surface area contributed by atoms with Crippen molar-refractivity contribution in [1.82, 2.24) is 9.80 Å². The van der Waals surface area contributed by atoms with Crippen LogP contribution in [0.1, 0.15) is 12.5 Å². The first-order chi connectivity index (χ1) is 11.2. The summed E-state index contributed by atoms with van der Waals surface area (Å²) in [5.41, 5.74) is 1.49. The highest BCUT2D eigenvalue weighted by Gasteiger charge is 2.43. The van der Waals surface area contributed by atoms with E-state index in [1.165, 1.54) is 5.56 Å². The standard InChI is InChI=1S/C19H36N2O2Si/c1-19(15-20(2)3,16-21(4)5)17-24(22-6,23-7)14-13-18-11-9-8-10-12-18/h8-12H,13-17H2,1-7H3. The Kier molecular flexibility index (Phi) is 8.60. The van der Waals surface area contributed by atoms with Gasteiger partial charge in [-0.25, -0.2) is 0 Å². The summed E-state index contributed by atoms with van der Waals surface area (Å²) in [5.74, 6) is 0. The Labute approximate surface area is 150 Å². The third-order valence-corrected chi connectivity index (χ3v) is 8.37. The summed E-state index contributed by atoms with van der Waals surface area (Å²) >= 11 is 0. The van der Waals surface area contributed by atoms with Gasteiger partial charge >= 0.3 is 8.56 Å². The van der Waals surface area contributed by atoms with E-state index < -0.39 is 8.56 Å². The van der Waals surface area contributed by atoms with Gasteiger partial charge in [0.1, 0.15) is 0 Å². The van der Waals surface area contributed by atoms with Crippen LogP contribution in [0.25, 0.3) is 0 Å². The van der Waals surface area contributed by atoms with Gasteiger partial charge in [-0.15, -0.1) is 0 Å². The van der Waals surface area contributed by atoms with Crippen molar-refractivity contribution < 1.29 is 8.85 Å². The highest BCUT2D eigenvalue weighted by Crippen LogP contribution is 2.34. The average molecular weight is 353 g/mol. The molecular weight excluding hydrogens is 316 g/mol. The van der Waals surface area contributed by atoms with E-state index in [-0.39, 0.29) is 5.41 Å². The quantitative estimate of drug-likeness (QED) is 0.571. The molecule has 0 saturated carbocycles. The lowest BCUT2D eigenvalue weighted by atomic mass is 9.92. The largest absolute Gasteiger partial charge is 0.398 e. The van der Waals surface area contributed by atoms with E-state index in [2.05, 4.69) is 75.2 Å². The predicted molar refractivity (Wildman–Crippen MR) is 105 cm³/mol. The second-order valence-corrected chi connectivity index (χ2v) is 11.3. The van der Waals surface area contributed by atoms with Crippen molar-refractivity contribution in [3.63, 3.8) is 0 Å². The lowest BCUT2D eigenvalue weighted by Crippen LogP contribution is -2.50. The summed E-state index contributed by atoms with van der Waals surface area (Å²) in [6.45, 7) is 4.41. The molecule has 0 bridgehead atoms. The van der Waals surface area contributed by atoms with Crippen LogP contribution in [0.2, 0.25) is 12.1 Å². The molecule has 0 saturated heterocycles. The van der Waals surface area contributed by atoms with E-state index in [9.17, 15) is 0 Å². The fraction of sp³-hybridized carbons (Fsp3) is 0.684. The molecule has 0 aromatic heterocycles. The molecule has 5 heteroatoms. The maximum Gasteiger partial charge on any atom is 0.338 e. The first-order valence-corrected chi connectivity index (χ1v) is 10.9. The molecule has 0 amide bonds. The molecule has 0 unspecified atom stereocenters. The fourth-order valence-electron chi connectivity index (χ4n) is 3.84. The minimum Gasteiger partial charge on any atom is -0.398 e. The van der Waals surface area contributed by atoms with Crippen molar-refractivity contribution in [3.05, 3.63) is 35.9 Å². The summed E-state index contributed by atoms with van der Waals surface area (Å²) < 4.78 is 12.1. The fourth-order valence-corrected chi connectivity index (χ4v) is 7.07. The zero-order valence-corrected chi connectivity index (χ0v) is 17.6. The maximum absolute atomic E-state index is 6.05. The molecule has 0 radical (unpaired) electrons. The summed E-state index contributed by atoms with van der Waals surface area (Å²) in [7, 11) is 9.96. The lowest BCUT2D eigenvalue weighted by Gasteiger charge is -2.40. The van der Waals surface area contributed by atoms with E-state index in [1.807, 2.05) is 14.2 Å². The van der Waals surface area contributed by atoms with Gasteiger partial charge in [-0.05, 0) is 57.7 Å². The molecule has 1 rings (SSSR count). The number of rotatable bonds is 11. The number of aryl methyl sites for hydroxylation is 1. The third-order valence-electron chi connectivity index (χ3n) is 4.47. The van der Waals surface area contributed by atoms with Crippen LogP contribution in [0.15, 0.2) is 30.3 Å². The molecule has 0 atom stereocenters. The van der Waals surface area contributed by atoms with Crippen molar-refractivity contribution in [2.45, 2.75) is 25.4 Å². The molecule has 24 heavy (non-hydrogen) atoms. The van der Waals surface area contributed by atoms with Gasteiger partial charge < -0.3 is 18.7 Å². The Morgan fingerprint density at radius 2 is 1.42 bits per heavy atom. The summed E-state index contributed by atoms with van der Waals surface area (Å²) in [5, 5.41) is 0. The average Bonchev–Trinajstić information content (AvgIpc) is 2.51. The second kappa shape index (κ2) is 9.68. The highest BCUT2D eigenvalue weighted by molar-refractivity contribution is 6.67. The SMILES string of the molecule is CO[Si](CCc1ccccc1)(CC(C)(CN(C)C)CN(C)C)OC. The van der Waals surface area contributed by atoms with Crippen molar-refractivity contribution >= 4 is 8.56 Å². The molecule has 0 aliphatic heterocycles. The van der Waals surface area contributed by atoms with Gasteiger partial charge in [0, 0.05) is 27.3 Å². The van der Waals surface area contributed by atoms with E-state index in [4.69, 9.17) is 8.85 Å². The van der Waals surface area contributed by atoms with Crippen molar-refractivity contribution in [2.24, 2.45) is 5.41 Å². The van der Waals surface area contributed by atoms with E-state index in [0.29, 0.717) is 0 Å². The lowest BCUT2D eigenvalue weighted by molar-refractivity contribution is 0.152. The molecule has 4 nitrogen and oxygen atoms in total. The zero-order chi connectivity index (χ0) is 18.2. The summed E-state index contributed by atoms with van der Waals surface area (Å²) in [6, 6.07) is 12.6. The summed E-state index contributed by atoms with van der Waals surface area (Å²) in [4.78, 5) is 4.54. The topological polar surface area (TPSA) is 24.9 Å². The van der Waals surface area contributed by atoms with Gasteiger partial charge in [-0.2, -0.15) is 0 Å². The summed E-state index contributed by atoms with van der Waals surface area (Å²) in [6.07, 6.45) is 1.01. The van der Waals surface area contributed by atoms with Crippen LogP contribution in [0.4, 0.5) is 0 Å². The first-order valence-electron chi connectivity index (χ1n) is 8.68. The molecule has 0 aliphatic rings. The number of hydrogen-bond donors (Lipinski definition) is 0. The number of benzene rings is 1. The molecular formula is C19H36N2O2Si. The molecule has 0 fully saturated rings. The molecule has 0 N–H and O–H groups in total. The van der Waals surface area contributed by atoms with Gasteiger partial charge in [-0.1, -0.05) is 37.3 Å². The van der Waals surface area contributed by atoms with Crippen molar-refractivity contribution in [2.75, 3.05) is 55.5 Å². The predicted octanol–water partition coefficient (Wildman–Crippen LogP) is 3.09. The number of hydrogen-bond acceptors (Lipinski definition) is 4. The monoisotopic (exact) mass is 352 g/mol. The zero-order valence-electron chi connectivity index (χ0n) is 16.6. The molecule has 0 spiro atoms. The molecule has 1 aromatic rings. The van der Waals surface area contributed by atoms with E-state index >= 15 is 0 Å². The molecule has 0 aliphatic carbocycles. The Balaban J connectivity index is 2.89. The van der Waals surface area contributed by atoms with Gasteiger partial charge in [-0.3, -0.25) is 0 Å². The van der Waals surface area contributed by atoms with Crippen LogP contribution in [-0.2, 0) is 15.3 Å². The normalized spacial score (nSPS) is 13.0. The van der Waals surface area contributed by atoms with Crippen LogP contribution in [0, 0.1) is 5.41 Å². The van der Waals surface area contributed by atoms with Crippen LogP contribution in [-0.4, -0.2) is 73.9 Å². The van der Waals surface area contributed by atoms with Crippen LogP contribution < -0.4 is 0 Å². The highest BCUT2D eigenvalue weighted by atomic mass is 28.4. The maximum atomic E-state index is 6.05. The van der Waals surface area contributed by atoms with Gasteiger partial charge in [0.25, 0.3) is 0 Å². The molecule has 1 aromatic carbocycles. The van der Waals surface area contributed by atoms with Crippen LogP contribution in [0.5, 0.6) is 0 Å². The van der Waals surface area contributed by atoms with E-state index in [1.54, 1.807) is 0 Å². The van der Waals surface area contributed by atoms with Gasteiger partial charge in [0.15, 0.2) is 0 Å². The first kappa shape index (κ1) is 21.3. The Morgan fingerprint density at radius 1 is 0.917 bits per heavy atom. The van der Waals surface area contributed by atoms with Crippen LogP contribution >= 0.6 is 0 Å². The molecule has 138 valence electrons. The van der Waals surface area contributed by atoms with E-state index in [0.717, 1.165) is 31.6 Å². The second-order valence-electron chi connectivity index (χ2n) is 7.77. The Bertz CT molecular complexity index is 452. The van der Waals surface area contributed by atoms with Crippen LogP contribution in [0.3, 0.4) is 0 Å². The Hall–Kier alpha value is -0.723. The minimum atomic E-state index is -2.25.